The van der Waals surface area contributed by atoms with E-state index in [0.717, 1.165) is 34.0 Å². The largest absolute Gasteiger partial charge is 2.00 e. The Labute approximate surface area is 223 Å². The molecule has 7 rings (SSSR count). The van der Waals surface area contributed by atoms with E-state index in [1.807, 2.05) is 60.8 Å². The second-order valence-corrected chi connectivity index (χ2v) is 8.78. The Morgan fingerprint density at radius 3 is 2.42 bits per heavy atom. The van der Waals surface area contributed by atoms with E-state index < -0.39 is 0 Å². The van der Waals surface area contributed by atoms with Gasteiger partial charge in [-0.25, -0.2) is 0 Å². The van der Waals surface area contributed by atoms with Crippen LogP contribution in [0, 0.1) is 12.1 Å². The molecule has 2 heterocycles. The number of hydrogen-bond donors (Lipinski definition) is 0. The molecule has 0 N–H and O–H groups in total. The van der Waals surface area contributed by atoms with Crippen LogP contribution in [0.25, 0.3) is 22.0 Å². The summed E-state index contributed by atoms with van der Waals surface area (Å²) in [5, 5.41) is 2.23. The monoisotopic (exact) mass is 647 g/mol. The van der Waals surface area contributed by atoms with Gasteiger partial charge in [-0.3, -0.25) is 4.99 Å². The molecule has 5 heteroatoms. The molecule has 0 radical (unpaired) electrons. The van der Waals surface area contributed by atoms with Crippen LogP contribution in [0.4, 0.5) is 0 Å². The van der Waals surface area contributed by atoms with Crippen molar-refractivity contribution in [2.45, 2.75) is 18.6 Å². The minimum Gasteiger partial charge on any atom is -0.514 e. The maximum atomic E-state index is 6.22. The van der Waals surface area contributed by atoms with E-state index in [9.17, 15) is 0 Å². The standard InChI is InChI=1S/C31H20N2O2.Pt/c1-3-13-26-20(7-1)15-16-32-29(26)22-9-5-11-24(17-22)34-25-12-6-10-23(18-25)31-33-30-27-14-4-2-8-21(27)19-28(30)35-31;/h1-16,28,30H,19H2;/q-2;+2/t28-,30+;/m0./s1. The number of aliphatic imine (C=N–C) groups is 1. The predicted octanol–water partition coefficient (Wildman–Crippen LogP) is 6.73. The maximum Gasteiger partial charge on any atom is 2.00 e. The normalized spacial score (nSPS) is 17.5. The number of fused-ring (bicyclic) bond motifs is 4. The summed E-state index contributed by atoms with van der Waals surface area (Å²) in [5.41, 5.74) is 5.13. The quantitative estimate of drug-likeness (QED) is 0.203. The molecule has 176 valence electrons. The van der Waals surface area contributed by atoms with Gasteiger partial charge in [-0.1, -0.05) is 66.2 Å². The first-order valence-electron chi connectivity index (χ1n) is 11.7. The van der Waals surface area contributed by atoms with Gasteiger partial charge >= 0.3 is 21.1 Å². The number of pyridine rings is 1. The third-order valence-corrected chi connectivity index (χ3v) is 6.58. The zero-order valence-electron chi connectivity index (χ0n) is 19.1. The van der Waals surface area contributed by atoms with Crippen LogP contribution in [0.15, 0.2) is 102 Å². The molecule has 0 fully saturated rings. The van der Waals surface area contributed by atoms with Crippen LogP contribution in [0.5, 0.6) is 11.5 Å². The Kier molecular flexibility index (Phi) is 5.91. The smallest absolute Gasteiger partial charge is 0.514 e. The van der Waals surface area contributed by atoms with E-state index in [-0.39, 0.29) is 33.2 Å². The van der Waals surface area contributed by atoms with Crippen molar-refractivity contribution in [1.29, 1.82) is 0 Å². The summed E-state index contributed by atoms with van der Waals surface area (Å²) in [5.74, 6) is 1.81. The van der Waals surface area contributed by atoms with Crippen LogP contribution >= 0.6 is 0 Å². The fourth-order valence-electron chi connectivity index (χ4n) is 4.96. The van der Waals surface area contributed by atoms with Crippen molar-refractivity contribution in [2.75, 3.05) is 0 Å². The summed E-state index contributed by atoms with van der Waals surface area (Å²) < 4.78 is 12.4. The zero-order valence-corrected chi connectivity index (χ0v) is 21.4. The summed E-state index contributed by atoms with van der Waals surface area (Å²) in [6.45, 7) is 0. The van der Waals surface area contributed by atoms with E-state index >= 15 is 0 Å². The van der Waals surface area contributed by atoms with E-state index in [2.05, 4.69) is 53.5 Å². The van der Waals surface area contributed by atoms with Crippen molar-refractivity contribution in [3.8, 4) is 22.8 Å². The molecule has 0 saturated heterocycles. The molecule has 0 bridgehead atoms. The van der Waals surface area contributed by atoms with Crippen LogP contribution in [-0.2, 0) is 32.2 Å². The van der Waals surface area contributed by atoms with Crippen LogP contribution in [0.2, 0.25) is 0 Å². The topological polar surface area (TPSA) is 43.7 Å². The van der Waals surface area contributed by atoms with Gasteiger partial charge in [0.2, 0.25) is 0 Å². The van der Waals surface area contributed by atoms with E-state index in [4.69, 9.17) is 14.5 Å². The molecule has 0 saturated carbocycles. The van der Waals surface area contributed by atoms with Gasteiger partial charge in [0, 0.05) is 24.1 Å². The summed E-state index contributed by atoms with van der Waals surface area (Å²) in [6.07, 6.45) is 2.76. The summed E-state index contributed by atoms with van der Waals surface area (Å²) in [7, 11) is 0. The van der Waals surface area contributed by atoms with Gasteiger partial charge in [0.1, 0.15) is 18.0 Å². The fourth-order valence-corrected chi connectivity index (χ4v) is 4.96. The molecule has 0 spiro atoms. The molecule has 1 aromatic heterocycles. The molecular formula is C31H20N2O2Pt. The number of ether oxygens (including phenoxy) is 2. The van der Waals surface area contributed by atoms with Crippen molar-refractivity contribution < 1.29 is 30.5 Å². The molecular weight excluding hydrogens is 627 g/mol. The number of aromatic nitrogens is 1. The van der Waals surface area contributed by atoms with E-state index in [1.165, 1.54) is 11.1 Å². The number of hydrogen-bond acceptors (Lipinski definition) is 4. The van der Waals surface area contributed by atoms with Crippen molar-refractivity contribution in [3.63, 3.8) is 0 Å². The third kappa shape index (κ3) is 4.02. The van der Waals surface area contributed by atoms with Crippen LogP contribution < -0.4 is 4.74 Å². The molecule has 0 unspecified atom stereocenters. The Morgan fingerprint density at radius 1 is 0.778 bits per heavy atom. The summed E-state index contributed by atoms with van der Waals surface area (Å²) in [4.78, 5) is 9.49. The van der Waals surface area contributed by atoms with Gasteiger partial charge < -0.3 is 14.5 Å². The van der Waals surface area contributed by atoms with E-state index in [1.54, 1.807) is 0 Å². The van der Waals surface area contributed by atoms with Crippen molar-refractivity contribution in [2.24, 2.45) is 4.99 Å². The third-order valence-electron chi connectivity index (χ3n) is 6.58. The van der Waals surface area contributed by atoms with Gasteiger partial charge in [0.05, 0.1) is 0 Å². The van der Waals surface area contributed by atoms with Crippen molar-refractivity contribution in [3.05, 3.63) is 126 Å². The molecule has 4 nitrogen and oxygen atoms in total. The SMILES string of the molecule is [Pt+2].[c-]1c(Oc2[c-]c(-c3nccc4ccccc34)ccc2)cccc1C1=N[C@@H]2c3ccccc3C[C@@H]2O1. The summed E-state index contributed by atoms with van der Waals surface area (Å²) >= 11 is 0. The van der Waals surface area contributed by atoms with Crippen molar-refractivity contribution >= 4 is 16.7 Å². The van der Waals surface area contributed by atoms with Gasteiger partial charge in [-0.2, -0.15) is 0 Å². The molecule has 0 amide bonds. The predicted molar refractivity (Wildman–Crippen MR) is 136 cm³/mol. The molecule has 4 aromatic carbocycles. The molecule has 1 aliphatic heterocycles. The van der Waals surface area contributed by atoms with E-state index in [0.29, 0.717) is 17.4 Å². The number of rotatable bonds is 4. The molecule has 1 aliphatic carbocycles. The first-order chi connectivity index (χ1) is 17.3. The zero-order chi connectivity index (χ0) is 23.2. The van der Waals surface area contributed by atoms with Gasteiger partial charge in [-0.15, -0.1) is 42.0 Å². The molecule has 2 atom stereocenters. The van der Waals surface area contributed by atoms with Crippen molar-refractivity contribution in [1.82, 2.24) is 4.98 Å². The van der Waals surface area contributed by atoms with Crippen LogP contribution in [-0.4, -0.2) is 17.0 Å². The molecule has 2 aliphatic rings. The number of nitrogens with zero attached hydrogens (tertiary/aromatic N) is 2. The van der Waals surface area contributed by atoms with Crippen LogP contribution in [0.3, 0.4) is 0 Å². The first-order valence-corrected chi connectivity index (χ1v) is 11.7. The Bertz CT molecular complexity index is 1610. The maximum absolute atomic E-state index is 6.22. The van der Waals surface area contributed by atoms with Gasteiger partial charge in [0.15, 0.2) is 0 Å². The number of benzene rings is 4. The molecule has 5 aromatic rings. The minimum absolute atomic E-state index is 0. The van der Waals surface area contributed by atoms with Gasteiger partial charge in [-0.05, 0) is 33.7 Å². The average Bonchev–Trinajstić information content (AvgIpc) is 3.47. The van der Waals surface area contributed by atoms with Gasteiger partial charge in [0.25, 0.3) is 0 Å². The molecule has 36 heavy (non-hydrogen) atoms. The minimum atomic E-state index is 0. The first kappa shape index (κ1) is 22.7. The Hall–Kier alpha value is -3.75. The Morgan fingerprint density at radius 2 is 1.53 bits per heavy atom. The second-order valence-electron chi connectivity index (χ2n) is 8.78. The fraction of sp³-hybridized carbons (Fsp3) is 0.0968. The average molecular weight is 648 g/mol. The Balaban J connectivity index is 0.00000240. The van der Waals surface area contributed by atoms with Crippen LogP contribution in [0.1, 0.15) is 22.7 Å². The second kappa shape index (κ2) is 9.37. The summed E-state index contributed by atoms with van der Waals surface area (Å²) in [6, 6.07) is 37.0.